The monoisotopic (exact) mass is 304 g/mol. The van der Waals surface area contributed by atoms with E-state index in [1.807, 2.05) is 24.5 Å². The first-order valence-corrected chi connectivity index (χ1v) is 8.30. The van der Waals surface area contributed by atoms with Gasteiger partial charge in [0.1, 0.15) is 5.82 Å². The minimum absolute atomic E-state index is 0.125. The summed E-state index contributed by atoms with van der Waals surface area (Å²) in [4.78, 5) is 3.66. The van der Waals surface area contributed by atoms with Gasteiger partial charge < -0.3 is 10.2 Å². The molecule has 1 aromatic carbocycles. The number of nitrogens with one attached hydrogen (secondary N) is 1. The van der Waals surface area contributed by atoms with Gasteiger partial charge in [-0.1, -0.05) is 12.1 Å². The predicted molar refractivity (Wildman–Crippen MR) is 87.7 cm³/mol. The minimum Gasteiger partial charge on any atom is -0.362 e. The largest absolute Gasteiger partial charge is 0.362 e. The summed E-state index contributed by atoms with van der Waals surface area (Å²) in [6.07, 6.45) is 0.999. The van der Waals surface area contributed by atoms with Crippen LogP contribution in [0.1, 0.15) is 41.9 Å². The molecule has 1 aliphatic heterocycles. The number of nitrogens with zero attached hydrogens (tertiary/aromatic N) is 1. The van der Waals surface area contributed by atoms with E-state index in [0.717, 1.165) is 24.2 Å². The van der Waals surface area contributed by atoms with Crippen molar-refractivity contribution in [3.05, 3.63) is 51.5 Å². The molecule has 2 unspecified atom stereocenters. The highest BCUT2D eigenvalue weighted by Gasteiger charge is 2.29. The fraction of sp³-hybridized carbons (Fsp3) is 0.412. The van der Waals surface area contributed by atoms with E-state index < -0.39 is 0 Å². The molecule has 2 atom stereocenters. The lowest BCUT2D eigenvalue weighted by atomic mass is 9.97. The van der Waals surface area contributed by atoms with E-state index in [9.17, 15) is 4.39 Å². The van der Waals surface area contributed by atoms with Crippen LogP contribution in [-0.4, -0.2) is 13.6 Å². The number of thiophene rings is 1. The number of fused-ring (bicyclic) bond motifs is 1. The minimum atomic E-state index is -0.125. The third-order valence-corrected chi connectivity index (χ3v) is 5.48. The Balaban J connectivity index is 2.05. The standard InChI is InChI=1S/C17H21FN2S/c1-11(19-3)13-5-4-6-15(18)17(13)20-9-7-16-14(12(20)2)8-10-21-16/h4-6,8,10-12,19H,7,9H2,1-3H3. The Bertz CT molecular complexity index is 637. The zero-order valence-corrected chi connectivity index (χ0v) is 13.5. The third kappa shape index (κ3) is 2.47. The Morgan fingerprint density at radius 2 is 2.19 bits per heavy atom. The first-order valence-electron chi connectivity index (χ1n) is 7.42. The van der Waals surface area contributed by atoms with Crippen LogP contribution in [-0.2, 0) is 6.42 Å². The number of hydrogen-bond donors (Lipinski definition) is 1. The number of benzene rings is 1. The topological polar surface area (TPSA) is 15.3 Å². The maximum atomic E-state index is 14.5. The summed E-state index contributed by atoms with van der Waals surface area (Å²) in [7, 11) is 1.91. The molecular formula is C17H21FN2S. The summed E-state index contributed by atoms with van der Waals surface area (Å²) in [6, 6.07) is 7.92. The first-order chi connectivity index (χ1) is 10.1. The molecule has 1 N–H and O–H groups in total. The molecule has 0 amide bonds. The molecule has 0 saturated heterocycles. The van der Waals surface area contributed by atoms with Crippen molar-refractivity contribution in [1.82, 2.24) is 5.32 Å². The second-order valence-corrected chi connectivity index (χ2v) is 6.61. The summed E-state index contributed by atoms with van der Waals surface area (Å²) in [6.45, 7) is 5.12. The van der Waals surface area contributed by atoms with Crippen molar-refractivity contribution >= 4 is 17.0 Å². The van der Waals surface area contributed by atoms with Gasteiger partial charge in [-0.05, 0) is 56.0 Å². The van der Waals surface area contributed by atoms with Crippen molar-refractivity contribution in [3.63, 3.8) is 0 Å². The van der Waals surface area contributed by atoms with E-state index in [4.69, 9.17) is 0 Å². The van der Waals surface area contributed by atoms with Gasteiger partial charge in [0.25, 0.3) is 0 Å². The number of hydrogen-bond acceptors (Lipinski definition) is 3. The second-order valence-electron chi connectivity index (χ2n) is 5.61. The second kappa shape index (κ2) is 5.78. The van der Waals surface area contributed by atoms with Gasteiger partial charge >= 0.3 is 0 Å². The van der Waals surface area contributed by atoms with Crippen molar-refractivity contribution in [2.45, 2.75) is 32.4 Å². The molecule has 0 saturated carbocycles. The summed E-state index contributed by atoms with van der Waals surface area (Å²) in [5, 5.41) is 5.37. The van der Waals surface area contributed by atoms with Crippen LogP contribution < -0.4 is 10.2 Å². The van der Waals surface area contributed by atoms with Crippen molar-refractivity contribution in [1.29, 1.82) is 0 Å². The summed E-state index contributed by atoms with van der Waals surface area (Å²) < 4.78 is 14.5. The van der Waals surface area contributed by atoms with Crippen LogP contribution in [0.5, 0.6) is 0 Å². The van der Waals surface area contributed by atoms with Crippen LogP contribution in [0.2, 0.25) is 0 Å². The maximum absolute atomic E-state index is 14.5. The molecule has 0 radical (unpaired) electrons. The van der Waals surface area contributed by atoms with Gasteiger partial charge in [0.15, 0.2) is 0 Å². The fourth-order valence-electron chi connectivity index (χ4n) is 3.15. The van der Waals surface area contributed by atoms with Crippen LogP contribution in [0.15, 0.2) is 29.6 Å². The molecule has 0 aliphatic carbocycles. The van der Waals surface area contributed by atoms with Gasteiger partial charge in [-0.3, -0.25) is 0 Å². The van der Waals surface area contributed by atoms with E-state index >= 15 is 0 Å². The Labute approximate surface area is 129 Å². The molecule has 2 nitrogen and oxygen atoms in total. The molecule has 0 spiro atoms. The van der Waals surface area contributed by atoms with Gasteiger partial charge in [-0.2, -0.15) is 0 Å². The van der Waals surface area contributed by atoms with E-state index in [1.54, 1.807) is 12.1 Å². The Morgan fingerprint density at radius 3 is 2.95 bits per heavy atom. The summed E-state index contributed by atoms with van der Waals surface area (Å²) in [5.41, 5.74) is 3.13. The predicted octanol–water partition coefficient (Wildman–Crippen LogP) is 4.29. The van der Waals surface area contributed by atoms with Crippen molar-refractivity contribution in [2.75, 3.05) is 18.5 Å². The molecule has 0 fully saturated rings. The summed E-state index contributed by atoms with van der Waals surface area (Å²) >= 11 is 1.81. The zero-order valence-electron chi connectivity index (χ0n) is 12.7. The molecule has 21 heavy (non-hydrogen) atoms. The lowest BCUT2D eigenvalue weighted by Gasteiger charge is -2.37. The zero-order chi connectivity index (χ0) is 15.0. The summed E-state index contributed by atoms with van der Waals surface area (Å²) in [5.74, 6) is -0.125. The molecule has 3 rings (SSSR count). The molecular weight excluding hydrogens is 283 g/mol. The molecule has 112 valence electrons. The third-order valence-electron chi connectivity index (χ3n) is 4.48. The SMILES string of the molecule is CNC(C)c1cccc(F)c1N1CCc2sccc2C1C. The Hall–Kier alpha value is -1.39. The van der Waals surface area contributed by atoms with E-state index in [1.165, 1.54) is 10.4 Å². The van der Waals surface area contributed by atoms with Crippen LogP contribution in [0, 0.1) is 5.82 Å². The van der Waals surface area contributed by atoms with Gasteiger partial charge in [-0.25, -0.2) is 4.39 Å². The molecule has 1 aromatic heterocycles. The Morgan fingerprint density at radius 1 is 1.38 bits per heavy atom. The molecule has 4 heteroatoms. The molecule has 2 aromatic rings. The molecule has 1 aliphatic rings. The number of rotatable bonds is 3. The highest BCUT2D eigenvalue weighted by atomic mass is 32.1. The van der Waals surface area contributed by atoms with Gasteiger partial charge in [-0.15, -0.1) is 11.3 Å². The van der Waals surface area contributed by atoms with Crippen molar-refractivity contribution in [3.8, 4) is 0 Å². The maximum Gasteiger partial charge on any atom is 0.146 e. The number of para-hydroxylation sites is 1. The highest BCUT2D eigenvalue weighted by molar-refractivity contribution is 7.10. The molecule has 0 bridgehead atoms. The smallest absolute Gasteiger partial charge is 0.146 e. The van der Waals surface area contributed by atoms with Crippen LogP contribution in [0.3, 0.4) is 0 Å². The Kier molecular flexibility index (Phi) is 4.00. The average molecular weight is 304 g/mol. The van der Waals surface area contributed by atoms with Gasteiger partial charge in [0.2, 0.25) is 0 Å². The normalized spacial score (nSPS) is 19.4. The van der Waals surface area contributed by atoms with Gasteiger partial charge in [0.05, 0.1) is 11.7 Å². The van der Waals surface area contributed by atoms with E-state index in [0.29, 0.717) is 0 Å². The average Bonchev–Trinajstić information content (AvgIpc) is 2.97. The lowest BCUT2D eigenvalue weighted by molar-refractivity contribution is 0.566. The molecule has 2 heterocycles. The van der Waals surface area contributed by atoms with Crippen LogP contribution in [0.4, 0.5) is 10.1 Å². The van der Waals surface area contributed by atoms with Crippen LogP contribution >= 0.6 is 11.3 Å². The number of anilines is 1. The van der Waals surface area contributed by atoms with Crippen molar-refractivity contribution < 1.29 is 4.39 Å². The van der Waals surface area contributed by atoms with E-state index in [2.05, 4.69) is 35.5 Å². The van der Waals surface area contributed by atoms with Crippen molar-refractivity contribution in [2.24, 2.45) is 0 Å². The highest BCUT2D eigenvalue weighted by Crippen LogP contribution is 2.39. The quantitative estimate of drug-likeness (QED) is 0.910. The van der Waals surface area contributed by atoms with Crippen LogP contribution in [0.25, 0.3) is 0 Å². The lowest BCUT2D eigenvalue weighted by Crippen LogP contribution is -2.35. The van der Waals surface area contributed by atoms with E-state index in [-0.39, 0.29) is 17.9 Å². The fourth-order valence-corrected chi connectivity index (χ4v) is 4.12. The number of halogens is 1. The van der Waals surface area contributed by atoms with Gasteiger partial charge in [0, 0.05) is 17.5 Å². The first kappa shape index (κ1) is 14.5.